The third kappa shape index (κ3) is 3.88. The van der Waals surface area contributed by atoms with Gasteiger partial charge in [0.2, 0.25) is 0 Å². The number of rotatable bonds is 6. The van der Waals surface area contributed by atoms with Crippen LogP contribution in [-0.4, -0.2) is 15.3 Å². The number of benzene rings is 2. The van der Waals surface area contributed by atoms with Crippen LogP contribution in [0.5, 0.6) is 5.75 Å². The number of hydrogen-bond donors (Lipinski definition) is 1. The molecule has 0 aliphatic rings. The summed E-state index contributed by atoms with van der Waals surface area (Å²) in [6.45, 7) is 2.79. The number of para-hydroxylation sites is 1. The lowest BCUT2D eigenvalue weighted by Crippen LogP contribution is -2.23. The van der Waals surface area contributed by atoms with Gasteiger partial charge in [0.25, 0.3) is 5.91 Å². The number of aromatic nitrogens is 2. The van der Waals surface area contributed by atoms with Gasteiger partial charge in [0, 0.05) is 18.9 Å². The van der Waals surface area contributed by atoms with E-state index < -0.39 is 0 Å². The second-order valence-electron chi connectivity index (χ2n) is 6.61. The standard InChI is InChI=1S/C23H21N3O2/c1-17-8-7-13-26-15-19(25-22(17)26)16-28-21-12-6-5-11-20(21)23(27)24-14-18-9-3-2-4-10-18/h2-13,15H,14,16H2,1H3,(H,24,27). The normalized spacial score (nSPS) is 10.8. The summed E-state index contributed by atoms with van der Waals surface area (Å²) in [7, 11) is 0. The van der Waals surface area contributed by atoms with E-state index in [2.05, 4.69) is 10.3 Å². The van der Waals surface area contributed by atoms with Crippen LogP contribution in [-0.2, 0) is 13.2 Å². The van der Waals surface area contributed by atoms with Gasteiger partial charge < -0.3 is 14.5 Å². The zero-order valence-corrected chi connectivity index (χ0v) is 15.6. The van der Waals surface area contributed by atoms with E-state index in [1.807, 2.05) is 78.3 Å². The number of amides is 1. The fraction of sp³-hybridized carbons (Fsp3) is 0.130. The average Bonchev–Trinajstić information content (AvgIpc) is 3.16. The maximum atomic E-state index is 12.6. The number of nitrogens with one attached hydrogen (secondary N) is 1. The molecule has 0 saturated carbocycles. The van der Waals surface area contributed by atoms with Gasteiger partial charge in [0.1, 0.15) is 18.0 Å². The molecule has 0 radical (unpaired) electrons. The van der Waals surface area contributed by atoms with Crippen LogP contribution in [0.15, 0.2) is 79.1 Å². The van der Waals surface area contributed by atoms with Crippen molar-refractivity contribution in [3.05, 3.63) is 102 Å². The molecular weight excluding hydrogens is 350 g/mol. The van der Waals surface area contributed by atoms with Crippen molar-refractivity contribution < 1.29 is 9.53 Å². The second kappa shape index (κ2) is 7.96. The van der Waals surface area contributed by atoms with Crippen LogP contribution in [0.3, 0.4) is 0 Å². The summed E-state index contributed by atoms with van der Waals surface area (Å²) in [6.07, 6.45) is 3.91. The third-order valence-electron chi connectivity index (χ3n) is 4.53. The summed E-state index contributed by atoms with van der Waals surface area (Å²) in [4.78, 5) is 17.2. The van der Waals surface area contributed by atoms with E-state index >= 15 is 0 Å². The molecule has 28 heavy (non-hydrogen) atoms. The van der Waals surface area contributed by atoms with E-state index in [0.29, 0.717) is 24.5 Å². The van der Waals surface area contributed by atoms with Gasteiger partial charge in [0.05, 0.1) is 11.3 Å². The number of nitrogens with zero attached hydrogens (tertiary/aromatic N) is 2. The summed E-state index contributed by atoms with van der Waals surface area (Å²) < 4.78 is 7.91. The SMILES string of the molecule is Cc1cccn2cc(COc3ccccc3C(=O)NCc3ccccc3)nc12. The number of pyridine rings is 1. The van der Waals surface area contributed by atoms with Gasteiger partial charge in [-0.3, -0.25) is 4.79 Å². The van der Waals surface area contributed by atoms with Crippen LogP contribution in [0.1, 0.15) is 27.2 Å². The minimum Gasteiger partial charge on any atom is -0.486 e. The monoisotopic (exact) mass is 371 g/mol. The number of fused-ring (bicyclic) bond motifs is 1. The molecule has 0 bridgehead atoms. The molecule has 4 aromatic rings. The Morgan fingerprint density at radius 3 is 2.64 bits per heavy atom. The maximum Gasteiger partial charge on any atom is 0.255 e. The van der Waals surface area contributed by atoms with Gasteiger partial charge in [-0.2, -0.15) is 0 Å². The first kappa shape index (κ1) is 17.8. The van der Waals surface area contributed by atoms with Crippen LogP contribution in [0, 0.1) is 6.92 Å². The number of aryl methyl sites for hydroxylation is 1. The van der Waals surface area contributed by atoms with Gasteiger partial charge in [-0.05, 0) is 36.2 Å². The maximum absolute atomic E-state index is 12.6. The van der Waals surface area contributed by atoms with E-state index in [1.54, 1.807) is 12.1 Å². The molecule has 1 N–H and O–H groups in total. The summed E-state index contributed by atoms with van der Waals surface area (Å²) in [5, 5.41) is 2.94. The van der Waals surface area contributed by atoms with Gasteiger partial charge in [-0.15, -0.1) is 0 Å². The summed E-state index contributed by atoms with van der Waals surface area (Å²) in [5.74, 6) is 0.382. The van der Waals surface area contributed by atoms with Gasteiger partial charge in [-0.1, -0.05) is 48.5 Å². The second-order valence-corrected chi connectivity index (χ2v) is 6.61. The fourth-order valence-electron chi connectivity index (χ4n) is 3.08. The zero-order chi connectivity index (χ0) is 19.3. The minimum absolute atomic E-state index is 0.162. The first-order valence-corrected chi connectivity index (χ1v) is 9.18. The van der Waals surface area contributed by atoms with E-state index in [1.165, 1.54) is 0 Å². The molecule has 5 heteroatoms. The molecule has 2 aromatic carbocycles. The van der Waals surface area contributed by atoms with Crippen molar-refractivity contribution in [1.29, 1.82) is 0 Å². The molecule has 0 saturated heterocycles. The lowest BCUT2D eigenvalue weighted by molar-refractivity contribution is 0.0946. The van der Waals surface area contributed by atoms with Crippen molar-refractivity contribution in [1.82, 2.24) is 14.7 Å². The highest BCUT2D eigenvalue weighted by atomic mass is 16.5. The third-order valence-corrected chi connectivity index (χ3v) is 4.53. The van der Waals surface area contributed by atoms with Gasteiger partial charge in [0.15, 0.2) is 0 Å². The van der Waals surface area contributed by atoms with E-state index in [0.717, 1.165) is 22.5 Å². The number of ether oxygens (including phenoxy) is 1. The van der Waals surface area contributed by atoms with Crippen molar-refractivity contribution in [3.8, 4) is 5.75 Å². The number of hydrogen-bond acceptors (Lipinski definition) is 3. The Labute approximate surface area is 163 Å². The molecule has 2 heterocycles. The van der Waals surface area contributed by atoms with Crippen molar-refractivity contribution >= 4 is 11.6 Å². The van der Waals surface area contributed by atoms with Crippen molar-refractivity contribution in [2.75, 3.05) is 0 Å². The van der Waals surface area contributed by atoms with Crippen LogP contribution in [0.25, 0.3) is 5.65 Å². The van der Waals surface area contributed by atoms with Crippen molar-refractivity contribution in [3.63, 3.8) is 0 Å². The number of carbonyl (C=O) groups is 1. The molecule has 0 unspecified atom stereocenters. The van der Waals surface area contributed by atoms with Gasteiger partial charge in [-0.25, -0.2) is 4.98 Å². The summed E-state index contributed by atoms with van der Waals surface area (Å²) in [5.41, 5.74) is 4.39. The first-order valence-electron chi connectivity index (χ1n) is 9.18. The highest BCUT2D eigenvalue weighted by molar-refractivity contribution is 5.96. The number of carbonyl (C=O) groups excluding carboxylic acids is 1. The topological polar surface area (TPSA) is 55.6 Å². The molecule has 4 rings (SSSR count). The quantitative estimate of drug-likeness (QED) is 0.554. The Morgan fingerprint density at radius 1 is 1.04 bits per heavy atom. The fourth-order valence-corrected chi connectivity index (χ4v) is 3.08. The number of imidazole rings is 1. The van der Waals surface area contributed by atoms with Crippen LogP contribution >= 0.6 is 0 Å². The lowest BCUT2D eigenvalue weighted by Gasteiger charge is -2.11. The molecule has 0 aliphatic heterocycles. The molecule has 2 aromatic heterocycles. The Hall–Kier alpha value is -3.60. The molecular formula is C23H21N3O2. The van der Waals surface area contributed by atoms with E-state index in [-0.39, 0.29) is 5.91 Å². The lowest BCUT2D eigenvalue weighted by atomic mass is 10.1. The average molecular weight is 371 g/mol. The highest BCUT2D eigenvalue weighted by Gasteiger charge is 2.13. The molecule has 0 atom stereocenters. The highest BCUT2D eigenvalue weighted by Crippen LogP contribution is 2.20. The van der Waals surface area contributed by atoms with Crippen LogP contribution in [0.4, 0.5) is 0 Å². The van der Waals surface area contributed by atoms with Crippen molar-refractivity contribution in [2.45, 2.75) is 20.1 Å². The molecule has 0 spiro atoms. The largest absolute Gasteiger partial charge is 0.486 e. The first-order chi connectivity index (χ1) is 13.7. The molecule has 5 nitrogen and oxygen atoms in total. The van der Waals surface area contributed by atoms with E-state index in [9.17, 15) is 4.79 Å². The van der Waals surface area contributed by atoms with Gasteiger partial charge >= 0.3 is 0 Å². The minimum atomic E-state index is -0.162. The zero-order valence-electron chi connectivity index (χ0n) is 15.6. The summed E-state index contributed by atoms with van der Waals surface area (Å²) >= 11 is 0. The Morgan fingerprint density at radius 2 is 1.82 bits per heavy atom. The van der Waals surface area contributed by atoms with Crippen LogP contribution < -0.4 is 10.1 Å². The Kier molecular flexibility index (Phi) is 5.06. The molecule has 0 fully saturated rings. The van der Waals surface area contributed by atoms with E-state index in [4.69, 9.17) is 4.74 Å². The summed E-state index contributed by atoms with van der Waals surface area (Å²) in [6, 6.07) is 21.1. The smallest absolute Gasteiger partial charge is 0.255 e. The molecule has 140 valence electrons. The molecule has 1 amide bonds. The predicted octanol–water partition coefficient (Wildman–Crippen LogP) is 4.15. The van der Waals surface area contributed by atoms with Crippen molar-refractivity contribution in [2.24, 2.45) is 0 Å². The molecule has 0 aliphatic carbocycles. The Bertz CT molecular complexity index is 1100. The van der Waals surface area contributed by atoms with Crippen LogP contribution in [0.2, 0.25) is 0 Å². The Balaban J connectivity index is 1.46. The predicted molar refractivity (Wildman–Crippen MR) is 108 cm³/mol.